The fourth-order valence-electron chi connectivity index (χ4n) is 0.839. The zero-order valence-corrected chi connectivity index (χ0v) is 12.1. The van der Waals surface area contributed by atoms with E-state index < -0.39 is 24.0 Å². The highest BCUT2D eigenvalue weighted by atomic mass is 16.4. The number of carboxylic acids is 2. The first kappa shape index (κ1) is 22.8. The fraction of sp³-hybridized carbons (Fsp3) is 0. The molecule has 1 aromatic carbocycles. The molecule has 0 saturated heterocycles. The summed E-state index contributed by atoms with van der Waals surface area (Å²) >= 11 is 0. The second-order valence-electron chi connectivity index (χ2n) is 3.42. The van der Waals surface area contributed by atoms with Crippen LogP contribution in [-0.2, 0) is 0 Å². The normalized spacial score (nSPS) is 8.17. The number of carbonyl (C=O) groups is 4. The Labute approximate surface area is 135 Å². The van der Waals surface area contributed by atoms with Gasteiger partial charge in [0.25, 0.3) is 0 Å². The molecule has 14 nitrogen and oxygen atoms in total. The lowest BCUT2D eigenvalue weighted by Crippen LogP contribution is -2.43. The van der Waals surface area contributed by atoms with E-state index in [4.69, 9.17) is 10.2 Å². The van der Waals surface area contributed by atoms with Crippen LogP contribution in [0.3, 0.4) is 0 Å². The molecule has 0 aromatic heterocycles. The monoisotopic (exact) mass is 346 g/mol. The predicted octanol–water partition coefficient (Wildman–Crippen LogP) is -2.85. The number of nitrogens with one attached hydrogen (secondary N) is 4. The van der Waals surface area contributed by atoms with Crippen LogP contribution in [0.25, 0.3) is 0 Å². The highest BCUT2D eigenvalue weighted by Crippen LogP contribution is 2.03. The van der Waals surface area contributed by atoms with Crippen LogP contribution in [-0.4, -0.2) is 34.2 Å². The Morgan fingerprint density at radius 3 is 0.917 bits per heavy atom. The van der Waals surface area contributed by atoms with Crippen molar-refractivity contribution >= 4 is 24.0 Å². The minimum atomic E-state index is -1.06. The van der Waals surface area contributed by atoms with Crippen molar-refractivity contribution in [2.45, 2.75) is 0 Å². The number of amides is 4. The smallest absolute Gasteiger partial charge is 0.343 e. The number of carbonyl (C=O) groups excluding carboxylic acids is 2. The Morgan fingerprint density at radius 1 is 0.625 bits per heavy atom. The van der Waals surface area contributed by atoms with E-state index in [9.17, 15) is 19.2 Å². The molecule has 134 valence electrons. The van der Waals surface area contributed by atoms with Gasteiger partial charge in [-0.25, -0.2) is 42.5 Å². The molecule has 24 heavy (non-hydrogen) atoms. The molecule has 0 unspecified atom stereocenters. The summed E-state index contributed by atoms with van der Waals surface area (Å²) in [6.07, 6.45) is 0. The summed E-state index contributed by atoms with van der Waals surface area (Å²) in [5, 5.41) is 16.9. The second kappa shape index (κ2) is 13.2. The Balaban J connectivity index is 0. The quantitative estimate of drug-likeness (QED) is 0.149. The summed E-state index contributed by atoms with van der Waals surface area (Å²) in [6, 6.07) is 3.82. The maximum Gasteiger partial charge on any atom is 0.343 e. The summed E-state index contributed by atoms with van der Waals surface area (Å²) in [5.41, 5.74) is 7.13. The lowest BCUT2D eigenvalue weighted by molar-refractivity contribution is 0.0681. The lowest BCUT2D eigenvalue weighted by Gasteiger charge is -1.94. The number of hydrazine groups is 4. The molecule has 0 bridgehead atoms. The lowest BCUT2D eigenvalue weighted by atomic mass is 10.1. The molecule has 14 N–H and O–H groups in total. The van der Waals surface area contributed by atoms with Crippen molar-refractivity contribution in [2.24, 2.45) is 23.4 Å². The van der Waals surface area contributed by atoms with Gasteiger partial charge in [-0.2, -0.15) is 0 Å². The van der Waals surface area contributed by atoms with E-state index in [2.05, 4.69) is 23.4 Å². The molecular formula is C10H18N8O6. The molecule has 14 heteroatoms. The first-order chi connectivity index (χ1) is 11.2. The van der Waals surface area contributed by atoms with Gasteiger partial charge < -0.3 is 10.2 Å². The number of aromatic carboxylic acids is 2. The Morgan fingerprint density at radius 2 is 0.833 bits per heavy atom. The van der Waals surface area contributed by atoms with E-state index in [1.807, 2.05) is 0 Å². The van der Waals surface area contributed by atoms with Crippen molar-refractivity contribution in [3.8, 4) is 0 Å². The van der Waals surface area contributed by atoms with Crippen LogP contribution in [0, 0.1) is 0 Å². The average molecular weight is 346 g/mol. The molecule has 0 spiro atoms. The molecule has 0 fully saturated rings. The minimum Gasteiger partial charge on any atom is -0.478 e. The van der Waals surface area contributed by atoms with Crippen molar-refractivity contribution in [3.05, 3.63) is 35.4 Å². The third kappa shape index (κ3) is 11.2. The van der Waals surface area contributed by atoms with Crippen LogP contribution < -0.4 is 45.1 Å². The van der Waals surface area contributed by atoms with E-state index in [-0.39, 0.29) is 11.1 Å². The number of hydrogen-bond acceptors (Lipinski definition) is 8. The minimum absolute atomic E-state index is 0.0833. The van der Waals surface area contributed by atoms with Crippen molar-refractivity contribution in [1.82, 2.24) is 21.7 Å². The first-order valence-electron chi connectivity index (χ1n) is 5.74. The molecule has 0 radical (unpaired) electrons. The Kier molecular flexibility index (Phi) is 12.6. The zero-order valence-electron chi connectivity index (χ0n) is 12.1. The molecule has 1 aromatic rings. The fourth-order valence-corrected chi connectivity index (χ4v) is 0.839. The summed E-state index contributed by atoms with van der Waals surface area (Å²) in [6.45, 7) is 0. The van der Waals surface area contributed by atoms with Crippen LogP contribution in [0.4, 0.5) is 9.59 Å². The molecule has 0 heterocycles. The average Bonchev–Trinajstić information content (AvgIpc) is 2.61. The molecule has 0 atom stereocenters. The number of benzene rings is 1. The van der Waals surface area contributed by atoms with Gasteiger partial charge in [0.2, 0.25) is 0 Å². The second-order valence-corrected chi connectivity index (χ2v) is 3.42. The van der Waals surface area contributed by atoms with Crippen LogP contribution in [0.5, 0.6) is 0 Å². The van der Waals surface area contributed by atoms with Crippen molar-refractivity contribution in [2.75, 3.05) is 0 Å². The van der Waals surface area contributed by atoms with Crippen molar-refractivity contribution < 1.29 is 29.4 Å². The number of nitrogens with two attached hydrogens (primary N) is 4. The van der Waals surface area contributed by atoms with Gasteiger partial charge in [-0.15, -0.1) is 0 Å². The van der Waals surface area contributed by atoms with Gasteiger partial charge in [-0.3, -0.25) is 21.7 Å². The van der Waals surface area contributed by atoms with Crippen LogP contribution in [0.1, 0.15) is 20.7 Å². The predicted molar refractivity (Wildman–Crippen MR) is 80.4 cm³/mol. The number of urea groups is 2. The third-order valence-electron chi connectivity index (χ3n) is 1.90. The third-order valence-corrected chi connectivity index (χ3v) is 1.90. The number of rotatable bonds is 2. The molecule has 0 aliphatic rings. The Bertz CT molecular complexity index is 488. The van der Waals surface area contributed by atoms with E-state index in [0.29, 0.717) is 0 Å². The number of carboxylic acid groups (broad SMARTS) is 2. The molecule has 0 aliphatic carbocycles. The van der Waals surface area contributed by atoms with E-state index >= 15 is 0 Å². The van der Waals surface area contributed by atoms with E-state index in [1.165, 1.54) is 24.3 Å². The van der Waals surface area contributed by atoms with E-state index in [1.54, 1.807) is 21.7 Å². The summed E-state index contributed by atoms with van der Waals surface area (Å²) < 4.78 is 0. The molecule has 0 aliphatic heterocycles. The highest BCUT2D eigenvalue weighted by molar-refractivity contribution is 5.91. The van der Waals surface area contributed by atoms with Gasteiger partial charge >= 0.3 is 24.0 Å². The summed E-state index contributed by atoms with van der Waals surface area (Å²) in [7, 11) is 0. The maximum atomic E-state index is 10.3. The van der Waals surface area contributed by atoms with Gasteiger partial charge in [-0.05, 0) is 24.3 Å². The van der Waals surface area contributed by atoms with Crippen LogP contribution in [0.2, 0.25) is 0 Å². The SMILES string of the molecule is NNC(=O)NN.NNC(=O)NN.O=C(O)c1ccc(C(=O)O)cc1. The zero-order chi connectivity index (χ0) is 19.1. The molecule has 4 amide bonds. The van der Waals surface area contributed by atoms with Gasteiger partial charge in [0.05, 0.1) is 11.1 Å². The summed E-state index contributed by atoms with van der Waals surface area (Å²) in [4.78, 5) is 40.1. The van der Waals surface area contributed by atoms with Gasteiger partial charge in [-0.1, -0.05) is 0 Å². The largest absolute Gasteiger partial charge is 0.478 e. The highest BCUT2D eigenvalue weighted by Gasteiger charge is 2.04. The summed E-state index contributed by atoms with van der Waals surface area (Å²) in [5.74, 6) is 16.0. The standard InChI is InChI=1S/C8H6O4.2CH6N4O/c9-7(10)5-1-2-6(4-3-5)8(11)12;2*2-4-1(6)5-3/h1-4H,(H,9,10)(H,11,12);2*2-3H2,(H2,4,5,6). The van der Waals surface area contributed by atoms with Crippen molar-refractivity contribution in [3.63, 3.8) is 0 Å². The molecule has 0 saturated carbocycles. The van der Waals surface area contributed by atoms with Gasteiger partial charge in [0.1, 0.15) is 0 Å². The van der Waals surface area contributed by atoms with Gasteiger partial charge in [0, 0.05) is 0 Å². The van der Waals surface area contributed by atoms with Crippen LogP contribution in [0.15, 0.2) is 24.3 Å². The molecule has 1 rings (SSSR count). The number of hydrogen-bond donors (Lipinski definition) is 10. The van der Waals surface area contributed by atoms with Crippen LogP contribution >= 0.6 is 0 Å². The van der Waals surface area contributed by atoms with E-state index in [0.717, 1.165) is 0 Å². The Hall–Kier alpha value is -3.46. The van der Waals surface area contributed by atoms with Gasteiger partial charge in [0.15, 0.2) is 0 Å². The topological polar surface area (TPSA) is 261 Å². The molecular weight excluding hydrogens is 328 g/mol. The first-order valence-corrected chi connectivity index (χ1v) is 5.74. The van der Waals surface area contributed by atoms with Crippen molar-refractivity contribution in [1.29, 1.82) is 0 Å². The maximum absolute atomic E-state index is 10.3.